The van der Waals surface area contributed by atoms with Crippen LogP contribution in [-0.4, -0.2) is 35.4 Å². The van der Waals surface area contributed by atoms with E-state index in [1.165, 1.54) is 0 Å². The Hall–Kier alpha value is -4.06. The molecule has 0 saturated carbocycles. The number of allylic oxidation sites excluding steroid dienone is 2. The molecule has 3 aromatic carbocycles. The first kappa shape index (κ1) is 27.5. The maximum Gasteiger partial charge on any atom is 0.335 e. The fourth-order valence-electron chi connectivity index (χ4n) is 3.93. The number of carboxylic acids is 2. The maximum absolute atomic E-state index is 11.2. The van der Waals surface area contributed by atoms with E-state index in [1.54, 1.807) is 12.1 Å². The molecule has 3 aromatic rings. The summed E-state index contributed by atoms with van der Waals surface area (Å²) in [7, 11) is 0. The van der Waals surface area contributed by atoms with E-state index < -0.39 is 11.9 Å². The number of benzene rings is 3. The lowest BCUT2D eigenvalue weighted by Gasteiger charge is -2.14. The third kappa shape index (κ3) is 10.2. The summed E-state index contributed by atoms with van der Waals surface area (Å²) in [5, 5.41) is 18.1. The molecular formula is C31H34O6. The minimum atomic E-state index is -0.951. The third-order valence-corrected chi connectivity index (χ3v) is 5.96. The summed E-state index contributed by atoms with van der Waals surface area (Å²) in [6.45, 7) is 1.18. The number of ether oxygens (including phenoxy) is 2. The van der Waals surface area contributed by atoms with Crippen LogP contribution < -0.4 is 9.47 Å². The quantitative estimate of drug-likeness (QED) is 0.166. The second-order valence-electron chi connectivity index (χ2n) is 8.81. The van der Waals surface area contributed by atoms with Crippen molar-refractivity contribution in [2.24, 2.45) is 0 Å². The monoisotopic (exact) mass is 502 g/mol. The van der Waals surface area contributed by atoms with Gasteiger partial charge in [-0.15, -0.1) is 0 Å². The van der Waals surface area contributed by atoms with Crippen LogP contribution in [0.25, 0.3) is 0 Å². The Bertz CT molecular complexity index is 1120. The molecule has 1 atom stereocenters. The van der Waals surface area contributed by atoms with Gasteiger partial charge in [0.2, 0.25) is 0 Å². The number of hydrogen-bond donors (Lipinski definition) is 2. The molecule has 2 N–H and O–H groups in total. The summed E-state index contributed by atoms with van der Waals surface area (Å²) in [5.41, 5.74) is 2.43. The van der Waals surface area contributed by atoms with Gasteiger partial charge in [0.25, 0.3) is 0 Å². The van der Waals surface area contributed by atoms with E-state index in [4.69, 9.17) is 19.7 Å². The summed E-state index contributed by atoms with van der Waals surface area (Å²) in [4.78, 5) is 22.0. The molecule has 0 radical (unpaired) electrons. The summed E-state index contributed by atoms with van der Waals surface area (Å²) in [6, 6.07) is 24.7. The highest BCUT2D eigenvalue weighted by molar-refractivity contribution is 5.87. The highest BCUT2D eigenvalue weighted by Crippen LogP contribution is 2.25. The Morgan fingerprint density at radius 1 is 0.757 bits per heavy atom. The van der Waals surface area contributed by atoms with E-state index in [2.05, 4.69) is 12.2 Å². The van der Waals surface area contributed by atoms with Crippen molar-refractivity contribution in [3.8, 4) is 11.5 Å². The van der Waals surface area contributed by atoms with E-state index >= 15 is 0 Å². The molecule has 6 heteroatoms. The van der Waals surface area contributed by atoms with Crippen molar-refractivity contribution < 1.29 is 29.3 Å². The van der Waals surface area contributed by atoms with Gasteiger partial charge in [-0.1, -0.05) is 61.0 Å². The molecule has 0 saturated heterocycles. The fraction of sp³-hybridized carbons (Fsp3) is 0.290. The van der Waals surface area contributed by atoms with Gasteiger partial charge in [-0.25, -0.2) is 4.79 Å². The molecule has 1 unspecified atom stereocenters. The molecule has 0 heterocycles. The molecule has 0 spiro atoms. The Morgan fingerprint density at radius 3 is 2.03 bits per heavy atom. The van der Waals surface area contributed by atoms with E-state index in [0.29, 0.717) is 19.6 Å². The Balaban J connectivity index is 1.47. The minimum absolute atomic E-state index is 0.0948. The van der Waals surface area contributed by atoms with Crippen LogP contribution in [0.1, 0.15) is 59.5 Å². The van der Waals surface area contributed by atoms with Gasteiger partial charge >= 0.3 is 11.9 Å². The normalized spacial score (nSPS) is 11.8. The van der Waals surface area contributed by atoms with Crippen molar-refractivity contribution in [3.05, 3.63) is 108 Å². The number of aliphatic carboxylic acids is 1. The van der Waals surface area contributed by atoms with Crippen molar-refractivity contribution in [1.29, 1.82) is 0 Å². The highest BCUT2D eigenvalue weighted by atomic mass is 16.5. The molecule has 3 rings (SSSR count). The van der Waals surface area contributed by atoms with Gasteiger partial charge in [-0.3, -0.25) is 4.79 Å². The lowest BCUT2D eigenvalue weighted by Crippen LogP contribution is -2.04. The van der Waals surface area contributed by atoms with Gasteiger partial charge in [0, 0.05) is 18.8 Å². The standard InChI is InChI=1S/C31H34O6/c32-30(33)13-5-4-9-25(26-16-18-27(19-17-26)31(34)35)10-6-8-24-14-20-29(21-15-24)37-23-7-22-36-28-11-2-1-3-12-28/h1-3,6,10-12,14-21,25H,4-5,7-9,13,22-23H2,(H,32,33)(H,34,35). The second-order valence-corrected chi connectivity index (χ2v) is 8.81. The Kier molecular flexibility index (Phi) is 11.3. The van der Waals surface area contributed by atoms with Crippen LogP contribution in [0.2, 0.25) is 0 Å². The average molecular weight is 503 g/mol. The first-order chi connectivity index (χ1) is 18.0. The van der Waals surface area contributed by atoms with Gasteiger partial charge in [-0.2, -0.15) is 0 Å². The number of para-hydroxylation sites is 1. The topological polar surface area (TPSA) is 93.1 Å². The molecule has 0 fully saturated rings. The fourth-order valence-corrected chi connectivity index (χ4v) is 3.93. The van der Waals surface area contributed by atoms with Crippen LogP contribution in [0.3, 0.4) is 0 Å². The largest absolute Gasteiger partial charge is 0.493 e. The number of rotatable bonds is 16. The molecule has 0 amide bonds. The first-order valence-electron chi connectivity index (χ1n) is 12.6. The van der Waals surface area contributed by atoms with E-state index in [-0.39, 0.29) is 17.9 Å². The van der Waals surface area contributed by atoms with Crippen LogP contribution in [0.5, 0.6) is 11.5 Å². The predicted molar refractivity (Wildman–Crippen MR) is 144 cm³/mol. The Morgan fingerprint density at radius 2 is 1.41 bits per heavy atom. The average Bonchev–Trinajstić information content (AvgIpc) is 2.91. The van der Waals surface area contributed by atoms with Crippen molar-refractivity contribution in [2.45, 2.75) is 44.4 Å². The lowest BCUT2D eigenvalue weighted by molar-refractivity contribution is -0.137. The zero-order valence-corrected chi connectivity index (χ0v) is 20.9. The Labute approximate surface area is 218 Å². The molecule has 0 bridgehead atoms. The molecule has 0 aliphatic rings. The van der Waals surface area contributed by atoms with E-state index in [1.807, 2.05) is 66.7 Å². The molecule has 0 aliphatic carbocycles. The van der Waals surface area contributed by atoms with Crippen LogP contribution in [0.15, 0.2) is 91.0 Å². The minimum Gasteiger partial charge on any atom is -0.493 e. The highest BCUT2D eigenvalue weighted by Gasteiger charge is 2.10. The van der Waals surface area contributed by atoms with Crippen molar-refractivity contribution in [3.63, 3.8) is 0 Å². The summed E-state index contributed by atoms with van der Waals surface area (Å²) < 4.78 is 11.5. The smallest absolute Gasteiger partial charge is 0.335 e. The molecule has 6 nitrogen and oxygen atoms in total. The van der Waals surface area contributed by atoms with Gasteiger partial charge in [0.1, 0.15) is 11.5 Å². The second kappa shape index (κ2) is 15.1. The van der Waals surface area contributed by atoms with Crippen molar-refractivity contribution in [1.82, 2.24) is 0 Å². The van der Waals surface area contributed by atoms with E-state index in [0.717, 1.165) is 48.3 Å². The lowest BCUT2D eigenvalue weighted by atomic mass is 9.91. The van der Waals surface area contributed by atoms with Crippen LogP contribution >= 0.6 is 0 Å². The summed E-state index contributed by atoms with van der Waals surface area (Å²) in [6.07, 6.45) is 8.15. The van der Waals surface area contributed by atoms with Gasteiger partial charge in [0.05, 0.1) is 18.8 Å². The zero-order valence-electron chi connectivity index (χ0n) is 20.9. The van der Waals surface area contributed by atoms with Gasteiger partial charge < -0.3 is 19.7 Å². The third-order valence-electron chi connectivity index (χ3n) is 5.96. The molecule has 0 aliphatic heterocycles. The van der Waals surface area contributed by atoms with E-state index in [9.17, 15) is 9.59 Å². The maximum atomic E-state index is 11.2. The molecule has 194 valence electrons. The summed E-state index contributed by atoms with van der Waals surface area (Å²) >= 11 is 0. The SMILES string of the molecule is O=C(O)CCCCC(C=CCc1ccc(OCCCOc2ccccc2)cc1)c1ccc(C(=O)O)cc1. The number of carbonyl (C=O) groups is 2. The summed E-state index contributed by atoms with van der Waals surface area (Å²) in [5.74, 6) is 0.0400. The molecular weight excluding hydrogens is 468 g/mol. The van der Waals surface area contributed by atoms with Crippen molar-refractivity contribution in [2.75, 3.05) is 13.2 Å². The zero-order chi connectivity index (χ0) is 26.3. The number of aromatic carboxylic acids is 1. The van der Waals surface area contributed by atoms with Gasteiger partial charge in [-0.05, 0) is 66.8 Å². The van der Waals surface area contributed by atoms with Crippen molar-refractivity contribution >= 4 is 11.9 Å². The van der Waals surface area contributed by atoms with Crippen LogP contribution in [-0.2, 0) is 11.2 Å². The van der Waals surface area contributed by atoms with Crippen LogP contribution in [0.4, 0.5) is 0 Å². The van der Waals surface area contributed by atoms with Crippen LogP contribution in [0, 0.1) is 0 Å². The number of hydrogen-bond acceptors (Lipinski definition) is 4. The first-order valence-corrected chi connectivity index (χ1v) is 12.6. The molecule has 37 heavy (non-hydrogen) atoms. The number of unbranched alkanes of at least 4 members (excludes halogenated alkanes) is 1. The molecule has 0 aromatic heterocycles. The van der Waals surface area contributed by atoms with Gasteiger partial charge in [0.15, 0.2) is 0 Å². The number of carboxylic acid groups (broad SMARTS) is 2. The predicted octanol–water partition coefficient (Wildman–Crippen LogP) is 6.76.